The van der Waals surface area contributed by atoms with Gasteiger partial charge in [0.1, 0.15) is 0 Å². The molecule has 1 aromatic rings. The zero-order valence-corrected chi connectivity index (χ0v) is 11.5. The molecule has 94 valence electrons. The first-order valence-electron chi connectivity index (χ1n) is 6.58. The summed E-state index contributed by atoms with van der Waals surface area (Å²) in [5.74, 6) is 0. The molecule has 17 heavy (non-hydrogen) atoms. The lowest BCUT2D eigenvalue weighted by Crippen LogP contribution is -2.53. The highest BCUT2D eigenvalue weighted by Gasteiger charge is 2.20. The molecule has 1 saturated heterocycles. The molecule has 2 heteroatoms. The standard InChI is InChI=1S/C15H24N2/c1-11-5-12(2)7-15(6-11)10-17-8-13(3)16-14(4)9-17/h5-7,13-14,16H,8-10H2,1-4H3. The summed E-state index contributed by atoms with van der Waals surface area (Å²) in [6, 6.07) is 8.07. The Hall–Kier alpha value is -0.860. The molecule has 0 saturated carbocycles. The van der Waals surface area contributed by atoms with Gasteiger partial charge in [0.2, 0.25) is 0 Å². The maximum atomic E-state index is 3.58. The van der Waals surface area contributed by atoms with Crippen molar-refractivity contribution in [1.29, 1.82) is 0 Å². The Bertz CT molecular complexity index is 356. The van der Waals surface area contributed by atoms with E-state index < -0.39 is 0 Å². The lowest BCUT2D eigenvalue weighted by atomic mass is 10.1. The number of piperazine rings is 1. The second-order valence-corrected chi connectivity index (χ2v) is 5.66. The van der Waals surface area contributed by atoms with Gasteiger partial charge in [-0.25, -0.2) is 0 Å². The first-order chi connectivity index (χ1) is 8.02. The second kappa shape index (κ2) is 5.19. The van der Waals surface area contributed by atoms with Crippen LogP contribution < -0.4 is 5.32 Å². The van der Waals surface area contributed by atoms with Crippen molar-refractivity contribution in [2.75, 3.05) is 13.1 Å². The van der Waals surface area contributed by atoms with Gasteiger partial charge in [-0.3, -0.25) is 4.90 Å². The van der Waals surface area contributed by atoms with Gasteiger partial charge in [-0.15, -0.1) is 0 Å². The van der Waals surface area contributed by atoms with Crippen molar-refractivity contribution in [2.45, 2.75) is 46.3 Å². The highest BCUT2D eigenvalue weighted by atomic mass is 15.2. The summed E-state index contributed by atoms with van der Waals surface area (Å²) in [7, 11) is 0. The molecule has 1 aliphatic rings. The molecule has 1 heterocycles. The number of hydrogen-bond donors (Lipinski definition) is 1. The van der Waals surface area contributed by atoms with E-state index in [9.17, 15) is 0 Å². The predicted molar refractivity (Wildman–Crippen MR) is 73.3 cm³/mol. The topological polar surface area (TPSA) is 15.3 Å². The summed E-state index contributed by atoms with van der Waals surface area (Å²) in [6.45, 7) is 12.3. The Balaban J connectivity index is 2.04. The fourth-order valence-electron chi connectivity index (χ4n) is 2.99. The van der Waals surface area contributed by atoms with Crippen LogP contribution in [-0.2, 0) is 6.54 Å². The molecule has 2 unspecified atom stereocenters. The molecule has 1 N–H and O–H groups in total. The maximum Gasteiger partial charge on any atom is 0.0235 e. The van der Waals surface area contributed by atoms with Gasteiger partial charge in [0.25, 0.3) is 0 Å². The van der Waals surface area contributed by atoms with Crippen LogP contribution in [0.4, 0.5) is 0 Å². The number of nitrogens with zero attached hydrogens (tertiary/aromatic N) is 1. The fraction of sp³-hybridized carbons (Fsp3) is 0.600. The zero-order valence-electron chi connectivity index (χ0n) is 11.5. The minimum absolute atomic E-state index is 0.602. The Kier molecular flexibility index (Phi) is 3.85. The van der Waals surface area contributed by atoms with Crippen LogP contribution in [0, 0.1) is 13.8 Å². The van der Waals surface area contributed by atoms with Crippen LogP contribution in [0.25, 0.3) is 0 Å². The largest absolute Gasteiger partial charge is 0.309 e. The van der Waals surface area contributed by atoms with Crippen LogP contribution in [0.1, 0.15) is 30.5 Å². The van der Waals surface area contributed by atoms with E-state index in [0.29, 0.717) is 12.1 Å². The van der Waals surface area contributed by atoms with Crippen molar-refractivity contribution >= 4 is 0 Å². The lowest BCUT2D eigenvalue weighted by Gasteiger charge is -2.36. The lowest BCUT2D eigenvalue weighted by molar-refractivity contribution is 0.166. The number of hydrogen-bond acceptors (Lipinski definition) is 2. The summed E-state index contributed by atoms with van der Waals surface area (Å²) in [5.41, 5.74) is 4.19. The zero-order chi connectivity index (χ0) is 12.4. The molecule has 1 aliphatic heterocycles. The smallest absolute Gasteiger partial charge is 0.0235 e. The van der Waals surface area contributed by atoms with E-state index in [1.54, 1.807) is 0 Å². The molecule has 1 aromatic carbocycles. The first kappa shape index (κ1) is 12.6. The molecule has 0 amide bonds. The summed E-state index contributed by atoms with van der Waals surface area (Å²) in [4.78, 5) is 2.56. The molecule has 0 aliphatic carbocycles. The van der Waals surface area contributed by atoms with E-state index in [-0.39, 0.29) is 0 Å². The average molecular weight is 232 g/mol. The molecule has 0 spiro atoms. The van der Waals surface area contributed by atoms with E-state index in [2.05, 4.69) is 56.1 Å². The number of nitrogens with one attached hydrogen (secondary N) is 1. The van der Waals surface area contributed by atoms with Gasteiger partial charge in [0, 0.05) is 31.7 Å². The van der Waals surface area contributed by atoms with E-state index in [0.717, 1.165) is 19.6 Å². The van der Waals surface area contributed by atoms with Crippen molar-refractivity contribution in [3.8, 4) is 0 Å². The number of aryl methyl sites for hydroxylation is 2. The van der Waals surface area contributed by atoms with Crippen LogP contribution in [0.3, 0.4) is 0 Å². The third kappa shape index (κ3) is 3.55. The highest BCUT2D eigenvalue weighted by molar-refractivity contribution is 5.28. The Morgan fingerprint density at radius 2 is 1.59 bits per heavy atom. The van der Waals surface area contributed by atoms with Gasteiger partial charge < -0.3 is 5.32 Å². The Labute approximate surface area is 105 Å². The van der Waals surface area contributed by atoms with Gasteiger partial charge in [-0.05, 0) is 33.3 Å². The van der Waals surface area contributed by atoms with Gasteiger partial charge in [-0.2, -0.15) is 0 Å². The summed E-state index contributed by atoms with van der Waals surface area (Å²) in [6.07, 6.45) is 0. The van der Waals surface area contributed by atoms with Crippen molar-refractivity contribution in [1.82, 2.24) is 10.2 Å². The Morgan fingerprint density at radius 1 is 1.06 bits per heavy atom. The summed E-state index contributed by atoms with van der Waals surface area (Å²) >= 11 is 0. The van der Waals surface area contributed by atoms with Crippen LogP contribution in [0.2, 0.25) is 0 Å². The van der Waals surface area contributed by atoms with Crippen LogP contribution in [-0.4, -0.2) is 30.1 Å². The molecule has 1 fully saturated rings. The third-order valence-corrected chi connectivity index (χ3v) is 3.32. The normalized spacial score (nSPS) is 26.1. The van der Waals surface area contributed by atoms with Crippen molar-refractivity contribution in [3.05, 3.63) is 34.9 Å². The molecule has 0 radical (unpaired) electrons. The first-order valence-corrected chi connectivity index (χ1v) is 6.58. The highest BCUT2D eigenvalue weighted by Crippen LogP contribution is 2.13. The summed E-state index contributed by atoms with van der Waals surface area (Å²) in [5, 5.41) is 3.58. The van der Waals surface area contributed by atoms with Crippen molar-refractivity contribution < 1.29 is 0 Å². The second-order valence-electron chi connectivity index (χ2n) is 5.66. The number of benzene rings is 1. The van der Waals surface area contributed by atoms with Gasteiger partial charge in [0.05, 0.1) is 0 Å². The van der Waals surface area contributed by atoms with E-state index in [1.807, 2.05) is 0 Å². The predicted octanol–water partition coefficient (Wildman–Crippen LogP) is 2.49. The Morgan fingerprint density at radius 3 is 2.12 bits per heavy atom. The van der Waals surface area contributed by atoms with E-state index in [1.165, 1.54) is 16.7 Å². The summed E-state index contributed by atoms with van der Waals surface area (Å²) < 4.78 is 0. The van der Waals surface area contributed by atoms with Crippen molar-refractivity contribution in [2.24, 2.45) is 0 Å². The molecule has 0 bridgehead atoms. The average Bonchev–Trinajstić information content (AvgIpc) is 2.13. The molecule has 2 atom stereocenters. The van der Waals surface area contributed by atoms with Crippen LogP contribution >= 0.6 is 0 Å². The van der Waals surface area contributed by atoms with Crippen molar-refractivity contribution in [3.63, 3.8) is 0 Å². The molecule has 2 nitrogen and oxygen atoms in total. The fourth-order valence-corrected chi connectivity index (χ4v) is 2.99. The molecule has 2 rings (SSSR count). The third-order valence-electron chi connectivity index (χ3n) is 3.32. The maximum absolute atomic E-state index is 3.58. The van der Waals surface area contributed by atoms with Gasteiger partial charge >= 0.3 is 0 Å². The number of rotatable bonds is 2. The molecular formula is C15H24N2. The van der Waals surface area contributed by atoms with E-state index >= 15 is 0 Å². The minimum Gasteiger partial charge on any atom is -0.309 e. The molecular weight excluding hydrogens is 208 g/mol. The van der Waals surface area contributed by atoms with Gasteiger partial charge in [0.15, 0.2) is 0 Å². The monoisotopic (exact) mass is 232 g/mol. The van der Waals surface area contributed by atoms with E-state index in [4.69, 9.17) is 0 Å². The van der Waals surface area contributed by atoms with Crippen LogP contribution in [0.5, 0.6) is 0 Å². The van der Waals surface area contributed by atoms with Gasteiger partial charge in [-0.1, -0.05) is 29.3 Å². The minimum atomic E-state index is 0.602. The molecule has 0 aromatic heterocycles. The SMILES string of the molecule is Cc1cc(C)cc(CN2CC(C)NC(C)C2)c1. The van der Waals surface area contributed by atoms with Crippen LogP contribution in [0.15, 0.2) is 18.2 Å². The quantitative estimate of drug-likeness (QED) is 0.843.